The Kier molecular flexibility index (Phi) is 5.50. The molecule has 0 atom stereocenters. The fraction of sp³-hybridized carbons (Fsp3) is 0.500. The van der Waals surface area contributed by atoms with Crippen LogP contribution < -0.4 is 4.57 Å². The number of carbonyl (C=O) groups excluding carboxylic acids is 1. The molecule has 0 spiro atoms. The van der Waals surface area contributed by atoms with Crippen molar-refractivity contribution in [3.8, 4) is 0 Å². The SMILES string of the molecule is CON(C)C(=O)CCCC[n+]1ccccc1. The third-order valence-corrected chi connectivity index (χ3v) is 2.46. The zero-order chi connectivity index (χ0) is 11.8. The van der Waals surface area contributed by atoms with Gasteiger partial charge in [-0.1, -0.05) is 6.07 Å². The maximum Gasteiger partial charge on any atom is 0.245 e. The van der Waals surface area contributed by atoms with E-state index in [9.17, 15) is 4.79 Å². The van der Waals surface area contributed by atoms with Gasteiger partial charge in [-0.3, -0.25) is 9.63 Å². The summed E-state index contributed by atoms with van der Waals surface area (Å²) in [4.78, 5) is 16.2. The summed E-state index contributed by atoms with van der Waals surface area (Å²) in [6, 6.07) is 6.00. The lowest BCUT2D eigenvalue weighted by Gasteiger charge is -2.12. The number of rotatable bonds is 6. The highest BCUT2D eigenvalue weighted by atomic mass is 16.7. The number of nitrogens with zero attached hydrogens (tertiary/aromatic N) is 2. The molecule has 0 aliphatic carbocycles. The molecular formula is C12H19N2O2+. The van der Waals surface area contributed by atoms with Crippen LogP contribution in [-0.4, -0.2) is 25.1 Å². The molecule has 0 saturated carbocycles. The largest absolute Gasteiger partial charge is 0.275 e. The van der Waals surface area contributed by atoms with Gasteiger partial charge in [-0.2, -0.15) is 0 Å². The van der Waals surface area contributed by atoms with Gasteiger partial charge in [-0.25, -0.2) is 9.63 Å². The van der Waals surface area contributed by atoms with Gasteiger partial charge in [0.15, 0.2) is 12.4 Å². The Morgan fingerprint density at radius 1 is 1.25 bits per heavy atom. The summed E-state index contributed by atoms with van der Waals surface area (Å²) in [6.07, 6.45) is 6.48. The molecule has 0 aliphatic heterocycles. The summed E-state index contributed by atoms with van der Waals surface area (Å²) in [6.45, 7) is 0.949. The van der Waals surface area contributed by atoms with Crippen molar-refractivity contribution in [1.82, 2.24) is 5.06 Å². The van der Waals surface area contributed by atoms with E-state index in [0.29, 0.717) is 6.42 Å². The molecule has 0 saturated heterocycles. The van der Waals surface area contributed by atoms with Crippen LogP contribution in [0.15, 0.2) is 30.6 Å². The van der Waals surface area contributed by atoms with E-state index >= 15 is 0 Å². The second-order valence-electron chi connectivity index (χ2n) is 3.64. The quantitative estimate of drug-likeness (QED) is 0.412. The van der Waals surface area contributed by atoms with Gasteiger partial charge in [0.05, 0.1) is 7.11 Å². The van der Waals surface area contributed by atoms with E-state index in [2.05, 4.69) is 4.57 Å². The average Bonchev–Trinajstić information content (AvgIpc) is 2.34. The van der Waals surface area contributed by atoms with Crippen LogP contribution >= 0.6 is 0 Å². The van der Waals surface area contributed by atoms with Crippen LogP contribution in [0.3, 0.4) is 0 Å². The predicted octanol–water partition coefficient (Wildman–Crippen LogP) is 1.16. The minimum Gasteiger partial charge on any atom is -0.275 e. The summed E-state index contributed by atoms with van der Waals surface area (Å²) >= 11 is 0. The van der Waals surface area contributed by atoms with Gasteiger partial charge in [0, 0.05) is 32.0 Å². The minimum atomic E-state index is 0.0283. The van der Waals surface area contributed by atoms with Crippen molar-refractivity contribution >= 4 is 5.91 Å². The smallest absolute Gasteiger partial charge is 0.245 e. The molecular weight excluding hydrogens is 204 g/mol. The number of unbranched alkanes of at least 4 members (excludes halogenated alkanes) is 1. The van der Waals surface area contributed by atoms with Crippen molar-refractivity contribution in [2.24, 2.45) is 0 Å². The van der Waals surface area contributed by atoms with E-state index in [1.807, 2.05) is 30.6 Å². The third-order valence-electron chi connectivity index (χ3n) is 2.46. The molecule has 4 heteroatoms. The molecule has 4 nitrogen and oxygen atoms in total. The van der Waals surface area contributed by atoms with E-state index < -0.39 is 0 Å². The van der Waals surface area contributed by atoms with Gasteiger partial charge in [0.2, 0.25) is 5.91 Å². The Bertz CT molecular complexity index is 314. The van der Waals surface area contributed by atoms with Crippen LogP contribution in [0.25, 0.3) is 0 Å². The van der Waals surface area contributed by atoms with Gasteiger partial charge in [0.1, 0.15) is 6.54 Å². The average molecular weight is 223 g/mol. The van der Waals surface area contributed by atoms with E-state index in [-0.39, 0.29) is 5.91 Å². The van der Waals surface area contributed by atoms with Crippen molar-refractivity contribution in [1.29, 1.82) is 0 Å². The Morgan fingerprint density at radius 3 is 2.56 bits per heavy atom. The summed E-state index contributed by atoms with van der Waals surface area (Å²) < 4.78 is 2.12. The third kappa shape index (κ3) is 4.40. The van der Waals surface area contributed by atoms with Gasteiger partial charge < -0.3 is 0 Å². The first-order valence-electron chi connectivity index (χ1n) is 5.49. The lowest BCUT2D eigenvalue weighted by molar-refractivity contribution is -0.697. The van der Waals surface area contributed by atoms with Crippen molar-refractivity contribution in [2.75, 3.05) is 14.2 Å². The molecule has 1 heterocycles. The summed E-state index contributed by atoms with van der Waals surface area (Å²) in [7, 11) is 3.13. The maximum absolute atomic E-state index is 11.4. The van der Waals surface area contributed by atoms with Gasteiger partial charge in [0.25, 0.3) is 0 Å². The first-order chi connectivity index (χ1) is 7.74. The van der Waals surface area contributed by atoms with Crippen molar-refractivity contribution in [3.63, 3.8) is 0 Å². The number of amides is 1. The Labute approximate surface area is 96.4 Å². The standard InChI is InChI=1S/C12H19N2O2/c1-13(16-2)12(15)8-4-7-11-14-9-5-3-6-10-14/h3,5-6,9-10H,4,7-8,11H2,1-2H3/q+1. The van der Waals surface area contributed by atoms with Crippen molar-refractivity contribution in [2.45, 2.75) is 25.8 Å². The summed E-state index contributed by atoms with van der Waals surface area (Å²) in [5, 5.41) is 1.27. The predicted molar refractivity (Wildman–Crippen MR) is 60.3 cm³/mol. The first-order valence-corrected chi connectivity index (χ1v) is 5.49. The fourth-order valence-electron chi connectivity index (χ4n) is 1.41. The molecule has 0 unspecified atom stereocenters. The second kappa shape index (κ2) is 6.95. The molecule has 0 aromatic carbocycles. The number of aromatic nitrogens is 1. The van der Waals surface area contributed by atoms with Gasteiger partial charge >= 0.3 is 0 Å². The normalized spacial score (nSPS) is 10.1. The van der Waals surface area contributed by atoms with Crippen molar-refractivity contribution < 1.29 is 14.2 Å². The molecule has 1 aromatic rings. The zero-order valence-electron chi connectivity index (χ0n) is 9.93. The van der Waals surface area contributed by atoms with E-state index in [1.165, 1.54) is 12.2 Å². The lowest BCUT2D eigenvalue weighted by atomic mass is 10.2. The van der Waals surface area contributed by atoms with Crippen LogP contribution in [0.5, 0.6) is 0 Å². The molecule has 0 radical (unpaired) electrons. The first kappa shape index (κ1) is 12.6. The van der Waals surface area contributed by atoms with Crippen LogP contribution in [0.2, 0.25) is 0 Å². The molecule has 1 aromatic heterocycles. The number of aryl methyl sites for hydroxylation is 1. The number of pyridine rings is 1. The number of hydrogen-bond acceptors (Lipinski definition) is 2. The molecule has 1 amide bonds. The van der Waals surface area contributed by atoms with Gasteiger partial charge in [-0.15, -0.1) is 0 Å². The Morgan fingerprint density at radius 2 is 1.94 bits per heavy atom. The van der Waals surface area contributed by atoms with Crippen LogP contribution in [0, 0.1) is 0 Å². The topological polar surface area (TPSA) is 33.4 Å². The highest BCUT2D eigenvalue weighted by Crippen LogP contribution is 1.99. The molecule has 0 N–H and O–H groups in total. The van der Waals surface area contributed by atoms with E-state index in [0.717, 1.165) is 19.4 Å². The Hall–Kier alpha value is -1.42. The highest BCUT2D eigenvalue weighted by molar-refractivity contribution is 5.74. The monoisotopic (exact) mass is 223 g/mol. The zero-order valence-corrected chi connectivity index (χ0v) is 9.93. The highest BCUT2D eigenvalue weighted by Gasteiger charge is 2.07. The second-order valence-corrected chi connectivity index (χ2v) is 3.64. The molecule has 0 aliphatic rings. The van der Waals surface area contributed by atoms with Gasteiger partial charge in [-0.05, 0) is 6.42 Å². The van der Waals surface area contributed by atoms with Crippen LogP contribution in [-0.2, 0) is 16.2 Å². The molecule has 0 fully saturated rings. The van der Waals surface area contributed by atoms with E-state index in [1.54, 1.807) is 7.05 Å². The van der Waals surface area contributed by atoms with Crippen LogP contribution in [0.1, 0.15) is 19.3 Å². The minimum absolute atomic E-state index is 0.0283. The molecule has 0 bridgehead atoms. The summed E-state index contributed by atoms with van der Waals surface area (Å²) in [5.74, 6) is 0.0283. The summed E-state index contributed by atoms with van der Waals surface area (Å²) in [5.41, 5.74) is 0. The number of hydroxylamine groups is 2. The van der Waals surface area contributed by atoms with Crippen LogP contribution in [0.4, 0.5) is 0 Å². The fourth-order valence-corrected chi connectivity index (χ4v) is 1.41. The molecule has 1 rings (SSSR count). The number of carbonyl (C=O) groups is 1. The Balaban J connectivity index is 2.15. The lowest BCUT2D eigenvalue weighted by Crippen LogP contribution is -2.32. The maximum atomic E-state index is 11.4. The number of hydrogen-bond donors (Lipinski definition) is 0. The van der Waals surface area contributed by atoms with Crippen molar-refractivity contribution in [3.05, 3.63) is 30.6 Å². The molecule has 88 valence electrons. The molecule has 16 heavy (non-hydrogen) atoms. The van der Waals surface area contributed by atoms with E-state index in [4.69, 9.17) is 4.84 Å².